The van der Waals surface area contributed by atoms with Crippen LogP contribution in [0.1, 0.15) is 55.8 Å². The number of hydrazone groups is 1. The number of hydrogen-bond donors (Lipinski definition) is 0. The van der Waals surface area contributed by atoms with Crippen LogP contribution < -0.4 is 4.74 Å². The van der Waals surface area contributed by atoms with Crippen molar-refractivity contribution in [2.45, 2.75) is 57.8 Å². The molecule has 4 nitrogen and oxygen atoms in total. The summed E-state index contributed by atoms with van der Waals surface area (Å²) in [7, 11) is 0. The minimum atomic E-state index is -0.355. The summed E-state index contributed by atoms with van der Waals surface area (Å²) in [6, 6.07) is 15.4. The zero-order valence-electron chi connectivity index (χ0n) is 17.4. The van der Waals surface area contributed by atoms with Crippen LogP contribution in [0.15, 0.2) is 47.6 Å². The van der Waals surface area contributed by atoms with Crippen LogP contribution in [-0.4, -0.2) is 40.5 Å². The lowest BCUT2D eigenvalue weighted by Crippen LogP contribution is -2.59. The molecule has 29 heavy (non-hydrogen) atoms. The number of piperidine rings is 1. The van der Waals surface area contributed by atoms with Crippen molar-refractivity contribution in [1.82, 2.24) is 9.91 Å². The molecular weight excluding hydrogens is 382 g/mol. The monoisotopic (exact) mass is 409 g/mol. The van der Waals surface area contributed by atoms with Crippen LogP contribution in [-0.2, 0) is 0 Å². The summed E-state index contributed by atoms with van der Waals surface area (Å²) >= 11 is 6.11. The number of rotatable bonds is 2. The summed E-state index contributed by atoms with van der Waals surface area (Å²) < 4.78 is 6.73. The fourth-order valence-electron chi connectivity index (χ4n) is 4.94. The maximum atomic E-state index is 6.73. The first-order valence-corrected chi connectivity index (χ1v) is 11.0. The van der Waals surface area contributed by atoms with Gasteiger partial charge in [-0.15, -0.1) is 0 Å². The van der Waals surface area contributed by atoms with Gasteiger partial charge >= 0.3 is 0 Å². The largest absolute Gasteiger partial charge is 0.466 e. The molecule has 0 amide bonds. The lowest BCUT2D eigenvalue weighted by Gasteiger charge is -2.51. The van der Waals surface area contributed by atoms with Crippen molar-refractivity contribution in [2.75, 3.05) is 13.1 Å². The smallest absolute Gasteiger partial charge is 0.200 e. The Morgan fingerprint density at radius 3 is 2.52 bits per heavy atom. The van der Waals surface area contributed by atoms with Gasteiger partial charge in [-0.2, -0.15) is 5.10 Å². The van der Waals surface area contributed by atoms with E-state index < -0.39 is 0 Å². The highest BCUT2D eigenvalue weighted by Crippen LogP contribution is 2.50. The lowest BCUT2D eigenvalue weighted by atomic mass is 9.90. The zero-order chi connectivity index (χ0) is 20.2. The van der Waals surface area contributed by atoms with Crippen LogP contribution in [0.2, 0.25) is 5.02 Å². The van der Waals surface area contributed by atoms with Crippen molar-refractivity contribution in [3.05, 3.63) is 64.2 Å². The van der Waals surface area contributed by atoms with Crippen molar-refractivity contribution in [1.29, 1.82) is 0 Å². The maximum Gasteiger partial charge on any atom is 0.200 e. The predicted octanol–water partition coefficient (Wildman–Crippen LogP) is 5.39. The first kappa shape index (κ1) is 19.0. The van der Waals surface area contributed by atoms with Crippen molar-refractivity contribution >= 4 is 17.3 Å². The van der Waals surface area contributed by atoms with Gasteiger partial charge in [0, 0.05) is 49.0 Å². The molecule has 1 saturated heterocycles. The van der Waals surface area contributed by atoms with Gasteiger partial charge in [-0.1, -0.05) is 41.4 Å². The number of benzene rings is 2. The Hall–Kier alpha value is -2.04. The number of hydrogen-bond acceptors (Lipinski definition) is 4. The molecule has 0 N–H and O–H groups in total. The molecule has 0 aromatic heterocycles. The summed E-state index contributed by atoms with van der Waals surface area (Å²) in [6.07, 6.45) is 2.83. The van der Waals surface area contributed by atoms with Crippen LogP contribution in [0.4, 0.5) is 0 Å². The minimum absolute atomic E-state index is 0.231. The van der Waals surface area contributed by atoms with E-state index in [1.54, 1.807) is 0 Å². The second-order valence-corrected chi connectivity index (χ2v) is 9.27. The third-order valence-corrected chi connectivity index (χ3v) is 6.89. The van der Waals surface area contributed by atoms with Crippen LogP contribution in [0.25, 0.3) is 0 Å². The fourth-order valence-corrected chi connectivity index (χ4v) is 5.06. The normalized spacial score (nSPS) is 23.0. The molecule has 0 radical (unpaired) electrons. The maximum absolute atomic E-state index is 6.73. The second kappa shape index (κ2) is 7.03. The van der Waals surface area contributed by atoms with E-state index in [1.807, 2.05) is 12.1 Å². The Labute approximate surface area is 178 Å². The zero-order valence-corrected chi connectivity index (χ0v) is 18.1. The first-order valence-electron chi connectivity index (χ1n) is 10.6. The van der Waals surface area contributed by atoms with E-state index in [1.165, 1.54) is 11.1 Å². The van der Waals surface area contributed by atoms with Gasteiger partial charge in [-0.25, -0.2) is 5.01 Å². The van der Waals surface area contributed by atoms with Gasteiger partial charge in [0.2, 0.25) is 5.72 Å². The SMILES string of the molecule is Cc1ccc2c(c1)[C@@H]1CC(c3ccc(Cl)cc3)=NN1C1(CCN(C(C)C)CC1)O2. The van der Waals surface area contributed by atoms with E-state index in [0.717, 1.165) is 54.4 Å². The molecule has 0 saturated carbocycles. The van der Waals surface area contributed by atoms with E-state index in [9.17, 15) is 0 Å². The molecule has 3 aliphatic heterocycles. The Bertz CT molecular complexity index is 945. The number of nitrogens with zero attached hydrogens (tertiary/aromatic N) is 3. The second-order valence-electron chi connectivity index (χ2n) is 8.84. The van der Waals surface area contributed by atoms with Gasteiger partial charge in [-0.05, 0) is 44.5 Å². The molecule has 1 atom stereocenters. The molecule has 0 unspecified atom stereocenters. The molecule has 1 spiro atoms. The summed E-state index contributed by atoms with van der Waals surface area (Å²) in [5.41, 5.74) is 4.43. The third-order valence-electron chi connectivity index (χ3n) is 6.64. The van der Waals surface area contributed by atoms with Gasteiger partial charge in [0.1, 0.15) is 5.75 Å². The Morgan fingerprint density at radius 1 is 1.10 bits per heavy atom. The molecular formula is C24H28ClN3O. The Balaban J connectivity index is 1.54. The number of aryl methyl sites for hydroxylation is 1. The highest BCUT2D eigenvalue weighted by Gasteiger charge is 2.51. The molecule has 2 aromatic rings. The Morgan fingerprint density at radius 2 is 1.83 bits per heavy atom. The highest BCUT2D eigenvalue weighted by molar-refractivity contribution is 6.30. The molecule has 5 heteroatoms. The summed E-state index contributed by atoms with van der Waals surface area (Å²) in [5.74, 6) is 1.03. The van der Waals surface area contributed by atoms with Gasteiger partial charge in [-0.3, -0.25) is 0 Å². The number of fused-ring (bicyclic) bond motifs is 4. The molecule has 0 aliphatic carbocycles. The minimum Gasteiger partial charge on any atom is -0.466 e. The lowest BCUT2D eigenvalue weighted by molar-refractivity contribution is -0.152. The van der Waals surface area contributed by atoms with Crippen molar-refractivity contribution in [2.24, 2.45) is 5.10 Å². The third kappa shape index (κ3) is 3.23. The number of likely N-dealkylation sites (tertiary alicyclic amines) is 1. The first-order chi connectivity index (χ1) is 13.9. The fraction of sp³-hybridized carbons (Fsp3) is 0.458. The number of halogens is 1. The van der Waals surface area contributed by atoms with E-state index in [2.05, 4.69) is 61.0 Å². The highest BCUT2D eigenvalue weighted by atomic mass is 35.5. The summed E-state index contributed by atoms with van der Waals surface area (Å²) in [5, 5.41) is 8.19. The van der Waals surface area contributed by atoms with Crippen LogP contribution in [0.5, 0.6) is 5.75 Å². The van der Waals surface area contributed by atoms with Crippen molar-refractivity contribution in [3.63, 3.8) is 0 Å². The van der Waals surface area contributed by atoms with E-state index in [-0.39, 0.29) is 11.8 Å². The molecule has 0 bridgehead atoms. The van der Waals surface area contributed by atoms with Crippen LogP contribution in [0.3, 0.4) is 0 Å². The molecule has 152 valence electrons. The van der Waals surface area contributed by atoms with Crippen molar-refractivity contribution in [3.8, 4) is 5.75 Å². The predicted molar refractivity (Wildman–Crippen MR) is 118 cm³/mol. The average molecular weight is 410 g/mol. The molecule has 3 heterocycles. The van der Waals surface area contributed by atoms with Gasteiger partial charge in [0.25, 0.3) is 0 Å². The number of ether oxygens (including phenoxy) is 1. The topological polar surface area (TPSA) is 28.1 Å². The molecule has 5 rings (SSSR count). The molecule has 2 aromatic carbocycles. The summed E-state index contributed by atoms with van der Waals surface area (Å²) in [4.78, 5) is 2.54. The molecule has 1 fully saturated rings. The van der Waals surface area contributed by atoms with E-state index in [0.29, 0.717) is 6.04 Å². The summed E-state index contributed by atoms with van der Waals surface area (Å²) in [6.45, 7) is 8.76. The van der Waals surface area contributed by atoms with E-state index in [4.69, 9.17) is 21.4 Å². The standard InChI is InChI=1S/C24H28ClN3O/c1-16(2)27-12-10-24(11-13-27)28-22(20-14-17(3)4-9-23(20)29-24)15-21(26-28)18-5-7-19(25)8-6-18/h4-9,14,16,22H,10-13,15H2,1-3H3/t22-/m0/s1. The van der Waals surface area contributed by atoms with E-state index >= 15 is 0 Å². The van der Waals surface area contributed by atoms with Crippen LogP contribution in [0, 0.1) is 6.92 Å². The van der Waals surface area contributed by atoms with Crippen molar-refractivity contribution < 1.29 is 4.74 Å². The van der Waals surface area contributed by atoms with Crippen LogP contribution >= 0.6 is 11.6 Å². The van der Waals surface area contributed by atoms with Gasteiger partial charge in [0.05, 0.1) is 11.8 Å². The Kier molecular flexibility index (Phi) is 4.60. The van der Waals surface area contributed by atoms with Gasteiger partial charge < -0.3 is 9.64 Å². The quantitative estimate of drug-likeness (QED) is 0.665. The average Bonchev–Trinajstić information content (AvgIpc) is 3.16. The molecule has 3 aliphatic rings. The van der Waals surface area contributed by atoms with Gasteiger partial charge in [0.15, 0.2) is 0 Å².